The number of nitrogens with two attached hydrogens (primary N) is 1. The van der Waals surface area contributed by atoms with Crippen molar-refractivity contribution in [2.45, 2.75) is 71.2 Å². The summed E-state index contributed by atoms with van der Waals surface area (Å²) in [6, 6.07) is 2.56. The molecule has 4 atom stereocenters. The van der Waals surface area contributed by atoms with Crippen molar-refractivity contribution in [3.8, 4) is 0 Å². The number of rotatable bonds is 5. The van der Waals surface area contributed by atoms with Gasteiger partial charge in [-0.1, -0.05) is 32.4 Å². The number of benzene rings is 1. The Morgan fingerprint density at radius 3 is 2.55 bits per heavy atom. The molecule has 0 saturated carbocycles. The normalized spacial score (nSPS) is 23.7. The summed E-state index contributed by atoms with van der Waals surface area (Å²) in [6.45, 7) is 7.67. The Morgan fingerprint density at radius 1 is 1.27 bits per heavy atom. The van der Waals surface area contributed by atoms with Gasteiger partial charge < -0.3 is 26.0 Å². The van der Waals surface area contributed by atoms with Gasteiger partial charge in [0.05, 0.1) is 23.2 Å². The van der Waals surface area contributed by atoms with E-state index in [2.05, 4.69) is 10.6 Å². The Bertz CT molecular complexity index is 961. The lowest BCUT2D eigenvalue weighted by Gasteiger charge is -2.35. The SMILES string of the molecule is CC1OC(=O)CC1NC(=O)C1CCCN1C(=O)C(NC(=O)c1ccc(N)c(Cl)c1)C(C)(C)C. The third-order valence-corrected chi connectivity index (χ3v) is 6.42. The molecule has 9 nitrogen and oxygen atoms in total. The highest BCUT2D eigenvalue weighted by molar-refractivity contribution is 6.33. The van der Waals surface area contributed by atoms with Crippen LogP contribution in [0.4, 0.5) is 5.69 Å². The van der Waals surface area contributed by atoms with Crippen molar-refractivity contribution in [1.82, 2.24) is 15.5 Å². The van der Waals surface area contributed by atoms with Gasteiger partial charge in [0.2, 0.25) is 11.8 Å². The number of anilines is 1. The Balaban J connectivity index is 1.75. The second-order valence-electron chi connectivity index (χ2n) is 9.71. The number of esters is 1. The van der Waals surface area contributed by atoms with Crippen LogP contribution in [0.25, 0.3) is 0 Å². The molecular formula is C23H31ClN4O5. The molecule has 10 heteroatoms. The highest BCUT2D eigenvalue weighted by Crippen LogP contribution is 2.27. The molecule has 1 aromatic rings. The van der Waals surface area contributed by atoms with Crippen LogP contribution in [0, 0.1) is 5.41 Å². The van der Waals surface area contributed by atoms with E-state index in [4.69, 9.17) is 22.1 Å². The van der Waals surface area contributed by atoms with E-state index in [1.807, 2.05) is 20.8 Å². The van der Waals surface area contributed by atoms with E-state index >= 15 is 0 Å². The summed E-state index contributed by atoms with van der Waals surface area (Å²) in [5, 5.41) is 5.92. The lowest BCUT2D eigenvalue weighted by atomic mass is 9.85. The van der Waals surface area contributed by atoms with Crippen molar-refractivity contribution in [3.05, 3.63) is 28.8 Å². The second kappa shape index (κ2) is 9.59. The van der Waals surface area contributed by atoms with Crippen LogP contribution in [0.15, 0.2) is 18.2 Å². The lowest BCUT2D eigenvalue weighted by molar-refractivity contribution is -0.142. The molecule has 0 spiro atoms. The van der Waals surface area contributed by atoms with Gasteiger partial charge in [0.1, 0.15) is 18.2 Å². The predicted molar refractivity (Wildman–Crippen MR) is 123 cm³/mol. The van der Waals surface area contributed by atoms with E-state index in [0.717, 1.165) is 0 Å². The average molecular weight is 479 g/mol. The van der Waals surface area contributed by atoms with E-state index < -0.39 is 35.6 Å². The van der Waals surface area contributed by atoms with Crippen LogP contribution < -0.4 is 16.4 Å². The summed E-state index contributed by atoms with van der Waals surface area (Å²) in [5.41, 5.74) is 5.74. The summed E-state index contributed by atoms with van der Waals surface area (Å²) in [6.07, 6.45) is 0.864. The van der Waals surface area contributed by atoms with E-state index in [1.165, 1.54) is 17.0 Å². The van der Waals surface area contributed by atoms with Crippen LogP contribution in [0.2, 0.25) is 5.02 Å². The van der Waals surface area contributed by atoms with Gasteiger partial charge in [0, 0.05) is 12.1 Å². The van der Waals surface area contributed by atoms with Gasteiger partial charge in [-0.2, -0.15) is 0 Å². The maximum Gasteiger partial charge on any atom is 0.308 e. The lowest BCUT2D eigenvalue weighted by Crippen LogP contribution is -2.58. The molecule has 1 aromatic carbocycles. The molecule has 0 radical (unpaired) electrons. The first-order valence-corrected chi connectivity index (χ1v) is 11.4. The molecule has 2 aliphatic heterocycles. The Morgan fingerprint density at radius 2 is 1.97 bits per heavy atom. The largest absolute Gasteiger partial charge is 0.460 e. The van der Waals surface area contributed by atoms with Crippen LogP contribution in [0.1, 0.15) is 57.3 Å². The second-order valence-corrected chi connectivity index (χ2v) is 10.1. The third-order valence-electron chi connectivity index (χ3n) is 6.09. The van der Waals surface area contributed by atoms with Gasteiger partial charge in [-0.25, -0.2) is 0 Å². The molecule has 4 unspecified atom stereocenters. The van der Waals surface area contributed by atoms with Gasteiger partial charge in [-0.05, 0) is 43.4 Å². The van der Waals surface area contributed by atoms with E-state index in [0.29, 0.717) is 25.1 Å². The Labute approximate surface area is 198 Å². The monoisotopic (exact) mass is 478 g/mol. The number of ether oxygens (including phenoxy) is 1. The topological polar surface area (TPSA) is 131 Å². The molecule has 2 heterocycles. The molecule has 0 aromatic heterocycles. The quantitative estimate of drug-likeness (QED) is 0.437. The minimum Gasteiger partial charge on any atom is -0.460 e. The minimum absolute atomic E-state index is 0.110. The molecule has 3 amide bonds. The molecule has 2 aliphatic rings. The molecule has 0 bridgehead atoms. The Hall–Kier alpha value is -2.81. The van der Waals surface area contributed by atoms with Crippen LogP contribution in [0.5, 0.6) is 0 Å². The molecule has 0 aliphatic carbocycles. The number of cyclic esters (lactones) is 1. The molecule has 2 fully saturated rings. The van der Waals surface area contributed by atoms with Crippen molar-refractivity contribution in [2.75, 3.05) is 12.3 Å². The zero-order chi connectivity index (χ0) is 24.5. The van der Waals surface area contributed by atoms with Crippen molar-refractivity contribution in [1.29, 1.82) is 0 Å². The number of carbonyl (C=O) groups excluding carboxylic acids is 4. The molecule has 3 rings (SSSR count). The third kappa shape index (κ3) is 5.58. The summed E-state index contributed by atoms with van der Waals surface area (Å²) in [5.74, 6) is -1.46. The van der Waals surface area contributed by atoms with Gasteiger partial charge in [-0.3, -0.25) is 19.2 Å². The van der Waals surface area contributed by atoms with Crippen molar-refractivity contribution in [2.24, 2.45) is 5.41 Å². The fourth-order valence-electron chi connectivity index (χ4n) is 4.13. The van der Waals surface area contributed by atoms with Gasteiger partial charge in [-0.15, -0.1) is 0 Å². The maximum absolute atomic E-state index is 13.6. The summed E-state index contributed by atoms with van der Waals surface area (Å²) in [7, 11) is 0. The smallest absolute Gasteiger partial charge is 0.308 e. The minimum atomic E-state index is -0.870. The van der Waals surface area contributed by atoms with E-state index in [9.17, 15) is 19.2 Å². The number of hydrogen-bond donors (Lipinski definition) is 3. The van der Waals surface area contributed by atoms with Crippen LogP contribution in [-0.2, 0) is 19.1 Å². The van der Waals surface area contributed by atoms with Gasteiger partial charge in [0.15, 0.2) is 0 Å². The molecular weight excluding hydrogens is 448 g/mol. The number of carbonyl (C=O) groups is 4. The molecule has 180 valence electrons. The molecule has 2 saturated heterocycles. The summed E-state index contributed by atoms with van der Waals surface area (Å²) >= 11 is 6.04. The number of halogens is 1. The fraction of sp³-hybridized carbons (Fsp3) is 0.565. The van der Waals surface area contributed by atoms with Crippen LogP contribution in [0.3, 0.4) is 0 Å². The molecule has 4 N–H and O–H groups in total. The highest BCUT2D eigenvalue weighted by Gasteiger charge is 2.43. The molecule has 33 heavy (non-hydrogen) atoms. The van der Waals surface area contributed by atoms with Crippen molar-refractivity contribution >= 4 is 41.0 Å². The fourth-order valence-corrected chi connectivity index (χ4v) is 4.31. The standard InChI is InChI=1S/C23H31ClN4O5/c1-12-16(11-18(29)33-12)26-21(31)17-6-5-9-28(17)22(32)19(23(2,3)4)27-20(30)13-7-8-15(25)14(24)10-13/h7-8,10,12,16-17,19H,5-6,9,11,25H2,1-4H3,(H,26,31)(H,27,30). The van der Waals surface area contributed by atoms with Crippen molar-refractivity contribution < 1.29 is 23.9 Å². The first-order valence-electron chi connectivity index (χ1n) is 11.0. The number of nitrogens with one attached hydrogen (secondary N) is 2. The van der Waals surface area contributed by atoms with E-state index in [1.54, 1.807) is 13.0 Å². The van der Waals surface area contributed by atoms with Gasteiger partial charge >= 0.3 is 5.97 Å². The highest BCUT2D eigenvalue weighted by atomic mass is 35.5. The van der Waals surface area contributed by atoms with Crippen LogP contribution >= 0.6 is 11.6 Å². The summed E-state index contributed by atoms with van der Waals surface area (Å²) < 4.78 is 5.10. The number of likely N-dealkylation sites (tertiary alicyclic amines) is 1. The zero-order valence-corrected chi connectivity index (χ0v) is 20.1. The number of hydrogen-bond acceptors (Lipinski definition) is 6. The van der Waals surface area contributed by atoms with Crippen LogP contribution in [-0.4, -0.2) is 59.4 Å². The first-order chi connectivity index (χ1) is 15.4. The number of nitrogen functional groups attached to an aromatic ring is 1. The van der Waals surface area contributed by atoms with Gasteiger partial charge in [0.25, 0.3) is 5.91 Å². The summed E-state index contributed by atoms with van der Waals surface area (Å²) in [4.78, 5) is 52.4. The maximum atomic E-state index is 13.6. The Kier molecular flexibility index (Phi) is 7.21. The number of nitrogens with zero attached hydrogens (tertiary/aromatic N) is 1. The number of amides is 3. The van der Waals surface area contributed by atoms with Crippen molar-refractivity contribution in [3.63, 3.8) is 0 Å². The zero-order valence-electron chi connectivity index (χ0n) is 19.3. The average Bonchev–Trinajstić information content (AvgIpc) is 3.33. The van der Waals surface area contributed by atoms with E-state index in [-0.39, 0.29) is 34.8 Å². The first kappa shape index (κ1) is 24.8. The predicted octanol–water partition coefficient (Wildman–Crippen LogP) is 1.88.